The first-order valence-electron chi connectivity index (χ1n) is 9.39. The monoisotopic (exact) mass is 404 g/mol. The van der Waals surface area contributed by atoms with E-state index in [9.17, 15) is 9.59 Å². The zero-order valence-electron chi connectivity index (χ0n) is 15.4. The minimum Gasteiger partial charge on any atom is -0.335 e. The van der Waals surface area contributed by atoms with Gasteiger partial charge in [-0.05, 0) is 5.56 Å². The van der Waals surface area contributed by atoms with Gasteiger partial charge in [0, 0.05) is 43.6 Å². The second kappa shape index (κ2) is 5.66. The lowest BCUT2D eigenvalue weighted by Gasteiger charge is -2.25. The highest BCUT2D eigenvalue weighted by Gasteiger charge is 2.90. The van der Waals surface area contributed by atoms with E-state index in [2.05, 4.69) is 25.5 Å². The average molecular weight is 404 g/mol. The molecule has 0 saturated heterocycles. The maximum Gasteiger partial charge on any atom is 0.283 e. The number of hydrogen-bond donors (Lipinski definition) is 1. The molecule has 2 fully saturated rings. The van der Waals surface area contributed by atoms with Crippen LogP contribution < -0.4 is 10.2 Å². The van der Waals surface area contributed by atoms with Gasteiger partial charge in [0.2, 0.25) is 5.01 Å². The molecule has 4 atom stereocenters. The molecule has 2 saturated carbocycles. The summed E-state index contributed by atoms with van der Waals surface area (Å²) in [5, 5.41) is 12.2. The molecule has 4 aliphatic rings. The van der Waals surface area contributed by atoms with Crippen LogP contribution in [0.3, 0.4) is 0 Å². The van der Waals surface area contributed by atoms with Gasteiger partial charge in [0.1, 0.15) is 10.5 Å². The Morgan fingerprint density at radius 3 is 2.72 bits per heavy atom. The molecule has 2 aromatic heterocycles. The standard InChI is InChI=1S/C20H16N6O2S/c1-26-16-15(21-7-8-22-16)12-13-14(12)20(13,19(26)28)23-17(27)18-25-24-11(29-18)9-10-5-3-2-4-6-10/h2-8,12-14H,9H2,1H3,(H,23,27)/t12-,13+,14?,20-/m0/s1. The minimum atomic E-state index is -0.857. The number of nitrogens with zero attached hydrogens (tertiary/aromatic N) is 5. The molecule has 2 amide bonds. The lowest BCUT2D eigenvalue weighted by molar-refractivity contribution is -0.122. The van der Waals surface area contributed by atoms with Crippen LogP contribution in [-0.2, 0) is 11.2 Å². The molecule has 4 heterocycles. The molecular formula is C20H16N6O2S. The van der Waals surface area contributed by atoms with E-state index in [4.69, 9.17) is 0 Å². The number of likely N-dealkylation sites (N-methyl/N-ethyl adjacent to an activating group) is 1. The van der Waals surface area contributed by atoms with Gasteiger partial charge < -0.3 is 5.32 Å². The van der Waals surface area contributed by atoms with Crippen molar-refractivity contribution in [1.29, 1.82) is 0 Å². The van der Waals surface area contributed by atoms with Crippen LogP contribution >= 0.6 is 11.3 Å². The molecule has 29 heavy (non-hydrogen) atoms. The van der Waals surface area contributed by atoms with Gasteiger partial charge in [-0.1, -0.05) is 41.7 Å². The van der Waals surface area contributed by atoms with Crippen molar-refractivity contribution in [1.82, 2.24) is 25.5 Å². The van der Waals surface area contributed by atoms with Crippen molar-refractivity contribution in [2.45, 2.75) is 17.9 Å². The highest BCUT2D eigenvalue weighted by Crippen LogP contribution is 2.81. The van der Waals surface area contributed by atoms with Crippen molar-refractivity contribution in [3.63, 3.8) is 0 Å². The fraction of sp³-hybridized carbons (Fsp3) is 0.300. The second-order valence-corrected chi connectivity index (χ2v) is 8.76. The lowest BCUT2D eigenvalue weighted by atomic mass is 9.95. The topological polar surface area (TPSA) is 101 Å². The van der Waals surface area contributed by atoms with E-state index in [0.717, 1.165) is 16.3 Å². The van der Waals surface area contributed by atoms with Crippen LogP contribution in [-0.4, -0.2) is 44.6 Å². The Morgan fingerprint density at radius 1 is 1.17 bits per heavy atom. The van der Waals surface area contributed by atoms with Gasteiger partial charge in [-0.25, -0.2) is 4.98 Å². The van der Waals surface area contributed by atoms with E-state index in [-0.39, 0.29) is 34.6 Å². The third kappa shape index (κ3) is 2.24. The summed E-state index contributed by atoms with van der Waals surface area (Å²) in [6.45, 7) is 0. The van der Waals surface area contributed by atoms with Crippen LogP contribution in [0.5, 0.6) is 0 Å². The number of fused-ring (bicyclic) bond motifs is 1. The fourth-order valence-electron chi connectivity index (χ4n) is 4.68. The van der Waals surface area contributed by atoms with Gasteiger partial charge in [0.15, 0.2) is 5.82 Å². The predicted molar refractivity (Wildman–Crippen MR) is 105 cm³/mol. The van der Waals surface area contributed by atoms with Crippen molar-refractivity contribution in [3.05, 3.63) is 64.0 Å². The molecule has 1 N–H and O–H groups in total. The zero-order chi connectivity index (χ0) is 19.8. The summed E-state index contributed by atoms with van der Waals surface area (Å²) in [4.78, 5) is 36.2. The number of rotatable bonds is 4. The number of carbonyl (C=O) groups excluding carboxylic acids is 2. The van der Waals surface area contributed by atoms with Crippen LogP contribution in [0.2, 0.25) is 0 Å². The van der Waals surface area contributed by atoms with E-state index >= 15 is 0 Å². The van der Waals surface area contributed by atoms with E-state index < -0.39 is 5.54 Å². The Morgan fingerprint density at radius 2 is 1.93 bits per heavy atom. The minimum absolute atomic E-state index is 0.0936. The summed E-state index contributed by atoms with van der Waals surface area (Å²) in [6.07, 6.45) is 3.86. The molecule has 0 spiro atoms. The number of anilines is 1. The van der Waals surface area contributed by atoms with E-state index in [1.165, 1.54) is 16.2 Å². The average Bonchev–Trinajstić information content (AvgIpc) is 3.60. The maximum absolute atomic E-state index is 13.1. The molecule has 9 heteroatoms. The van der Waals surface area contributed by atoms with Crippen LogP contribution in [0.15, 0.2) is 42.7 Å². The molecule has 144 valence electrons. The largest absolute Gasteiger partial charge is 0.335 e. The molecule has 1 unspecified atom stereocenters. The highest BCUT2D eigenvalue weighted by atomic mass is 32.1. The molecule has 3 aromatic rings. The summed E-state index contributed by atoms with van der Waals surface area (Å²) >= 11 is 1.26. The van der Waals surface area contributed by atoms with Crippen LogP contribution in [0.25, 0.3) is 0 Å². The van der Waals surface area contributed by atoms with Crippen molar-refractivity contribution in [2.24, 2.45) is 11.8 Å². The van der Waals surface area contributed by atoms with Gasteiger partial charge in [-0.15, -0.1) is 10.2 Å². The summed E-state index contributed by atoms with van der Waals surface area (Å²) in [5.41, 5.74) is 1.10. The highest BCUT2D eigenvalue weighted by molar-refractivity contribution is 7.13. The Balaban J connectivity index is 1.22. The number of amides is 2. The van der Waals surface area contributed by atoms with Gasteiger partial charge in [-0.3, -0.25) is 19.5 Å². The summed E-state index contributed by atoms with van der Waals surface area (Å²) in [6, 6.07) is 9.92. The normalized spacial score (nSPS) is 28.2. The van der Waals surface area contributed by atoms with Crippen LogP contribution in [0.1, 0.15) is 32.0 Å². The summed E-state index contributed by atoms with van der Waals surface area (Å²) in [7, 11) is 1.69. The van der Waals surface area contributed by atoms with Gasteiger partial charge >= 0.3 is 0 Å². The first-order chi connectivity index (χ1) is 14.1. The Hall–Kier alpha value is -3.20. The molecule has 2 aliphatic carbocycles. The molecule has 0 radical (unpaired) electrons. The number of carbonyl (C=O) groups is 2. The third-order valence-electron chi connectivity index (χ3n) is 6.14. The van der Waals surface area contributed by atoms with Crippen molar-refractivity contribution < 1.29 is 9.59 Å². The quantitative estimate of drug-likeness (QED) is 0.706. The molecule has 7 rings (SSSR count). The molecule has 1 aromatic carbocycles. The third-order valence-corrected chi connectivity index (χ3v) is 7.06. The molecule has 8 nitrogen and oxygen atoms in total. The summed E-state index contributed by atoms with van der Waals surface area (Å²) in [5.74, 6) is 0.486. The number of benzene rings is 1. The second-order valence-electron chi connectivity index (χ2n) is 7.69. The first kappa shape index (κ1) is 16.7. The van der Waals surface area contributed by atoms with E-state index in [1.807, 2.05) is 30.3 Å². The van der Waals surface area contributed by atoms with Crippen LogP contribution in [0, 0.1) is 11.8 Å². The first-order valence-corrected chi connectivity index (χ1v) is 10.2. The van der Waals surface area contributed by atoms with Crippen LogP contribution in [0.4, 0.5) is 5.82 Å². The van der Waals surface area contributed by atoms with Gasteiger partial charge in [-0.2, -0.15) is 0 Å². The van der Waals surface area contributed by atoms with Crippen molar-refractivity contribution in [2.75, 3.05) is 11.9 Å². The van der Waals surface area contributed by atoms with E-state index in [0.29, 0.717) is 12.2 Å². The number of nitrogens with one attached hydrogen (secondary N) is 1. The lowest BCUT2D eigenvalue weighted by Crippen LogP contribution is -2.54. The summed E-state index contributed by atoms with van der Waals surface area (Å²) < 4.78 is 0. The number of aromatic nitrogens is 4. The van der Waals surface area contributed by atoms with Crippen molar-refractivity contribution >= 4 is 29.0 Å². The van der Waals surface area contributed by atoms with Crippen molar-refractivity contribution in [3.8, 4) is 0 Å². The Kier molecular flexibility index (Phi) is 3.27. The molecule has 2 aliphatic heterocycles. The smallest absolute Gasteiger partial charge is 0.283 e. The predicted octanol–water partition coefficient (Wildman–Crippen LogP) is 1.41. The zero-order valence-corrected chi connectivity index (χ0v) is 16.3. The SMILES string of the molecule is CN1C(=O)[C@@]2(NC(=O)c3nnc(Cc4ccccc4)s3)C3[C@@H](c4nccnc41)[C@H]32. The van der Waals surface area contributed by atoms with E-state index in [1.54, 1.807) is 19.4 Å². The Bertz CT molecular complexity index is 1150. The maximum atomic E-state index is 13.1. The fourth-order valence-corrected chi connectivity index (χ4v) is 5.45. The van der Waals surface area contributed by atoms with Gasteiger partial charge in [0.25, 0.3) is 11.8 Å². The Labute approximate surface area is 170 Å². The van der Waals surface area contributed by atoms with Gasteiger partial charge in [0.05, 0.1) is 5.69 Å². The molecule has 2 bridgehead atoms. The molecular weight excluding hydrogens is 388 g/mol. The number of hydrogen-bond acceptors (Lipinski definition) is 7.